The van der Waals surface area contributed by atoms with Crippen molar-refractivity contribution in [2.75, 3.05) is 0 Å². The Morgan fingerprint density at radius 2 is 1.87 bits per heavy atom. The predicted molar refractivity (Wildman–Crippen MR) is 52.2 cm³/mol. The first-order valence-corrected chi connectivity index (χ1v) is 6.18. The van der Waals surface area contributed by atoms with Crippen LogP contribution in [0.3, 0.4) is 0 Å². The molecule has 6 nitrogen and oxygen atoms in total. The van der Waals surface area contributed by atoms with Crippen LogP contribution in [-0.2, 0) is 19.4 Å². The van der Waals surface area contributed by atoms with E-state index in [9.17, 15) is 13.2 Å². The van der Waals surface area contributed by atoms with Gasteiger partial charge in [0.1, 0.15) is 0 Å². The Kier molecular flexibility index (Phi) is 4.06. The molecule has 3 N–H and O–H groups in total. The standard InChI is InChI=1S/C8H15NO5S/c9-7-3-1-6(2-4-7)5-8(10)14-15(11,12)13/h6-7H,1-5,9H2,(H,11,12,13). The maximum absolute atomic E-state index is 11.0. The highest BCUT2D eigenvalue weighted by atomic mass is 32.3. The molecule has 0 amide bonds. The summed E-state index contributed by atoms with van der Waals surface area (Å²) >= 11 is 0. The first-order chi connectivity index (χ1) is 6.87. The normalized spacial score (nSPS) is 27.3. The second kappa shape index (κ2) is 4.91. The summed E-state index contributed by atoms with van der Waals surface area (Å²) in [5.74, 6) is -0.794. The van der Waals surface area contributed by atoms with Gasteiger partial charge in [-0.15, -0.1) is 0 Å². The van der Waals surface area contributed by atoms with E-state index in [4.69, 9.17) is 10.3 Å². The zero-order chi connectivity index (χ0) is 11.5. The molecule has 0 aliphatic heterocycles. The lowest BCUT2D eigenvalue weighted by atomic mass is 9.84. The molecule has 1 aliphatic rings. The SMILES string of the molecule is NC1CCC(CC(=O)OS(=O)(=O)O)CC1. The fraction of sp³-hybridized carbons (Fsp3) is 0.875. The van der Waals surface area contributed by atoms with Crippen LogP contribution in [-0.4, -0.2) is 25.0 Å². The van der Waals surface area contributed by atoms with Crippen molar-refractivity contribution in [3.05, 3.63) is 0 Å². The molecular formula is C8H15NO5S. The van der Waals surface area contributed by atoms with Crippen LogP contribution < -0.4 is 5.73 Å². The summed E-state index contributed by atoms with van der Waals surface area (Å²) < 4.78 is 32.5. The molecule has 0 aromatic carbocycles. The maximum Gasteiger partial charge on any atom is 0.448 e. The molecule has 1 aliphatic carbocycles. The Labute approximate surface area is 88.7 Å². The van der Waals surface area contributed by atoms with E-state index in [1.54, 1.807) is 0 Å². The molecule has 0 atom stereocenters. The fourth-order valence-corrected chi connectivity index (χ4v) is 2.08. The number of carbonyl (C=O) groups excluding carboxylic acids is 1. The van der Waals surface area contributed by atoms with Gasteiger partial charge in [-0.25, -0.2) is 0 Å². The van der Waals surface area contributed by atoms with E-state index in [0.717, 1.165) is 25.7 Å². The summed E-state index contributed by atoms with van der Waals surface area (Å²) in [7, 11) is -4.66. The van der Waals surface area contributed by atoms with E-state index in [-0.39, 0.29) is 18.4 Å². The Morgan fingerprint density at radius 1 is 1.33 bits per heavy atom. The molecule has 15 heavy (non-hydrogen) atoms. The summed E-state index contributed by atoms with van der Waals surface area (Å²) in [5.41, 5.74) is 5.68. The van der Waals surface area contributed by atoms with Gasteiger partial charge in [0.15, 0.2) is 0 Å². The summed E-state index contributed by atoms with van der Waals surface area (Å²) in [6.45, 7) is 0. The predicted octanol–water partition coefficient (Wildman–Crippen LogP) is 0.240. The number of hydrogen-bond acceptors (Lipinski definition) is 5. The van der Waals surface area contributed by atoms with Gasteiger partial charge >= 0.3 is 16.4 Å². The molecule has 0 radical (unpaired) electrons. The van der Waals surface area contributed by atoms with E-state index >= 15 is 0 Å². The van der Waals surface area contributed by atoms with Gasteiger partial charge in [-0.2, -0.15) is 8.42 Å². The second-order valence-electron chi connectivity index (χ2n) is 3.87. The number of rotatable bonds is 3. The smallest absolute Gasteiger partial charge is 0.328 e. The minimum Gasteiger partial charge on any atom is -0.328 e. The minimum absolute atomic E-state index is 0.0203. The third kappa shape index (κ3) is 5.10. The van der Waals surface area contributed by atoms with Crippen molar-refractivity contribution in [3.63, 3.8) is 0 Å². The molecule has 1 fully saturated rings. The molecule has 0 unspecified atom stereocenters. The molecule has 0 aromatic heterocycles. The van der Waals surface area contributed by atoms with Gasteiger partial charge in [0, 0.05) is 12.5 Å². The summed E-state index contributed by atoms with van der Waals surface area (Å²) in [6, 6.07) is 0.179. The van der Waals surface area contributed by atoms with Crippen molar-refractivity contribution < 1.29 is 21.9 Å². The van der Waals surface area contributed by atoms with Crippen LogP contribution in [0.25, 0.3) is 0 Å². The monoisotopic (exact) mass is 237 g/mol. The Morgan fingerprint density at radius 3 is 2.33 bits per heavy atom. The number of hydrogen-bond donors (Lipinski definition) is 2. The van der Waals surface area contributed by atoms with Gasteiger partial charge < -0.3 is 9.92 Å². The van der Waals surface area contributed by atoms with Crippen LogP contribution >= 0.6 is 0 Å². The molecule has 1 saturated carbocycles. The number of nitrogens with two attached hydrogens (primary N) is 1. The van der Waals surface area contributed by atoms with Gasteiger partial charge in [0.25, 0.3) is 0 Å². The average molecular weight is 237 g/mol. The van der Waals surface area contributed by atoms with Crippen LogP contribution in [0.2, 0.25) is 0 Å². The van der Waals surface area contributed by atoms with Gasteiger partial charge in [-0.3, -0.25) is 9.35 Å². The summed E-state index contributed by atoms with van der Waals surface area (Å²) in [4.78, 5) is 11.0. The quantitative estimate of drug-likeness (QED) is 0.681. The van der Waals surface area contributed by atoms with Gasteiger partial charge in [0.2, 0.25) is 0 Å². The highest BCUT2D eigenvalue weighted by Gasteiger charge is 2.23. The van der Waals surface area contributed by atoms with Gasteiger partial charge in [0.05, 0.1) is 0 Å². The average Bonchev–Trinajstić information content (AvgIpc) is 2.05. The lowest BCUT2D eigenvalue weighted by molar-refractivity contribution is -0.135. The van der Waals surface area contributed by atoms with E-state index in [1.165, 1.54) is 0 Å². The highest BCUT2D eigenvalue weighted by molar-refractivity contribution is 7.81. The topological polar surface area (TPSA) is 107 Å². The zero-order valence-electron chi connectivity index (χ0n) is 8.26. The van der Waals surface area contributed by atoms with Crippen molar-refractivity contribution in [2.45, 2.75) is 38.1 Å². The Bertz CT molecular complexity index is 318. The third-order valence-electron chi connectivity index (χ3n) is 2.55. The molecule has 0 aromatic rings. The van der Waals surface area contributed by atoms with E-state index in [1.807, 2.05) is 0 Å². The molecule has 0 spiro atoms. The Hall–Kier alpha value is -0.660. The van der Waals surface area contributed by atoms with Gasteiger partial charge in [-0.1, -0.05) is 0 Å². The highest BCUT2D eigenvalue weighted by Crippen LogP contribution is 2.26. The van der Waals surface area contributed by atoms with Gasteiger partial charge in [-0.05, 0) is 31.6 Å². The first-order valence-electron chi connectivity index (χ1n) is 4.82. The van der Waals surface area contributed by atoms with Crippen molar-refractivity contribution in [2.24, 2.45) is 11.7 Å². The molecule has 7 heteroatoms. The van der Waals surface area contributed by atoms with Crippen LogP contribution in [0.15, 0.2) is 0 Å². The first kappa shape index (κ1) is 12.4. The lowest BCUT2D eigenvalue weighted by Crippen LogP contribution is -2.28. The largest absolute Gasteiger partial charge is 0.448 e. The molecular weight excluding hydrogens is 222 g/mol. The zero-order valence-corrected chi connectivity index (χ0v) is 9.07. The van der Waals surface area contributed by atoms with Crippen LogP contribution in [0.1, 0.15) is 32.1 Å². The van der Waals surface area contributed by atoms with Crippen LogP contribution in [0.5, 0.6) is 0 Å². The second-order valence-corrected chi connectivity index (χ2v) is 4.89. The summed E-state index contributed by atoms with van der Waals surface area (Å²) in [6.07, 6.45) is 3.28. The van der Waals surface area contributed by atoms with E-state index in [2.05, 4.69) is 4.18 Å². The third-order valence-corrected chi connectivity index (χ3v) is 2.94. The van der Waals surface area contributed by atoms with Crippen molar-refractivity contribution in [1.29, 1.82) is 0 Å². The van der Waals surface area contributed by atoms with Crippen molar-refractivity contribution >= 4 is 16.4 Å². The van der Waals surface area contributed by atoms with Crippen molar-refractivity contribution in [1.82, 2.24) is 0 Å². The molecule has 0 heterocycles. The molecule has 88 valence electrons. The maximum atomic E-state index is 11.0. The molecule has 0 bridgehead atoms. The van der Waals surface area contributed by atoms with Crippen LogP contribution in [0.4, 0.5) is 0 Å². The minimum atomic E-state index is -4.66. The molecule has 0 saturated heterocycles. The number of carbonyl (C=O) groups is 1. The molecule has 1 rings (SSSR count). The van der Waals surface area contributed by atoms with Crippen LogP contribution in [0, 0.1) is 5.92 Å². The van der Waals surface area contributed by atoms with Crippen molar-refractivity contribution in [3.8, 4) is 0 Å². The fourth-order valence-electron chi connectivity index (χ4n) is 1.78. The lowest BCUT2D eigenvalue weighted by Gasteiger charge is -2.24. The van der Waals surface area contributed by atoms with E-state index in [0.29, 0.717) is 0 Å². The Balaban J connectivity index is 2.33. The summed E-state index contributed by atoms with van der Waals surface area (Å²) in [5, 5.41) is 0. The van der Waals surface area contributed by atoms with E-state index < -0.39 is 16.4 Å².